The van der Waals surface area contributed by atoms with Crippen molar-refractivity contribution in [1.29, 1.82) is 0 Å². The molecule has 4 nitrogen and oxygen atoms in total. The van der Waals surface area contributed by atoms with Crippen LogP contribution in [0.2, 0.25) is 0 Å². The molecule has 0 aliphatic heterocycles. The van der Waals surface area contributed by atoms with Crippen LogP contribution < -0.4 is 10.6 Å². The minimum atomic E-state index is -0.200. The Hall–Kier alpha value is -0.940. The van der Waals surface area contributed by atoms with Gasteiger partial charge in [-0.1, -0.05) is 6.92 Å². The predicted molar refractivity (Wildman–Crippen MR) is 66.6 cm³/mol. The monoisotopic (exact) mass is 241 g/mol. The van der Waals surface area contributed by atoms with Crippen LogP contribution in [-0.4, -0.2) is 24.0 Å². The molecule has 1 heterocycles. The Labute approximate surface area is 100 Å². The van der Waals surface area contributed by atoms with Crippen molar-refractivity contribution in [2.45, 2.75) is 39.3 Å². The fourth-order valence-corrected chi connectivity index (χ4v) is 2.29. The van der Waals surface area contributed by atoms with Gasteiger partial charge in [0.05, 0.1) is 12.1 Å². The van der Waals surface area contributed by atoms with Crippen molar-refractivity contribution in [2.24, 2.45) is 0 Å². The summed E-state index contributed by atoms with van der Waals surface area (Å²) < 4.78 is 0. The normalized spacial score (nSPS) is 14.5. The summed E-state index contributed by atoms with van der Waals surface area (Å²) >= 11 is 1.70. The molecule has 0 aliphatic rings. The molecule has 1 amide bonds. The van der Waals surface area contributed by atoms with Crippen LogP contribution in [-0.2, 0) is 11.2 Å². The standard InChI is InChI=1S/C11H19N3OS/c1-5-9-6-13-11(16-9)8(3)14-7(2)10(15)12-4/h6-8,14H,5H2,1-4H3,(H,12,15). The number of thiazole rings is 1. The molecular formula is C11H19N3OS. The third-order valence-corrected chi connectivity index (χ3v) is 3.75. The van der Waals surface area contributed by atoms with Crippen LogP contribution in [0.1, 0.15) is 36.7 Å². The molecule has 0 fully saturated rings. The number of nitrogens with zero attached hydrogens (tertiary/aromatic N) is 1. The largest absolute Gasteiger partial charge is 0.358 e. The van der Waals surface area contributed by atoms with Gasteiger partial charge in [0.1, 0.15) is 5.01 Å². The summed E-state index contributed by atoms with van der Waals surface area (Å²) in [6, 6.07) is -0.0911. The summed E-state index contributed by atoms with van der Waals surface area (Å²) in [6.45, 7) is 5.99. The molecule has 0 radical (unpaired) electrons. The first-order valence-electron chi connectivity index (χ1n) is 5.50. The highest BCUT2D eigenvalue weighted by Crippen LogP contribution is 2.20. The van der Waals surface area contributed by atoms with Gasteiger partial charge >= 0.3 is 0 Å². The second kappa shape index (κ2) is 5.96. The Morgan fingerprint density at radius 3 is 2.75 bits per heavy atom. The number of hydrogen-bond donors (Lipinski definition) is 2. The smallest absolute Gasteiger partial charge is 0.236 e. The number of aryl methyl sites for hydroxylation is 1. The van der Waals surface area contributed by atoms with E-state index in [2.05, 4.69) is 22.5 Å². The number of aromatic nitrogens is 1. The van der Waals surface area contributed by atoms with Crippen LogP contribution in [0, 0.1) is 0 Å². The molecule has 1 aromatic rings. The summed E-state index contributed by atoms with van der Waals surface area (Å²) in [5.41, 5.74) is 0. The third-order valence-electron chi connectivity index (χ3n) is 2.43. The Morgan fingerprint density at radius 1 is 1.56 bits per heavy atom. The van der Waals surface area contributed by atoms with Gasteiger partial charge < -0.3 is 5.32 Å². The first-order chi connectivity index (χ1) is 7.58. The molecule has 0 aliphatic carbocycles. The van der Waals surface area contributed by atoms with Crippen molar-refractivity contribution >= 4 is 17.2 Å². The molecule has 2 unspecified atom stereocenters. The highest BCUT2D eigenvalue weighted by molar-refractivity contribution is 7.11. The van der Waals surface area contributed by atoms with E-state index < -0.39 is 0 Å². The zero-order valence-corrected chi connectivity index (χ0v) is 11.0. The molecule has 1 aromatic heterocycles. The third kappa shape index (κ3) is 3.28. The summed E-state index contributed by atoms with van der Waals surface area (Å²) in [5, 5.41) is 6.87. The van der Waals surface area contributed by atoms with Crippen molar-refractivity contribution in [3.63, 3.8) is 0 Å². The molecule has 0 bridgehead atoms. The highest BCUT2D eigenvalue weighted by atomic mass is 32.1. The van der Waals surface area contributed by atoms with Crippen molar-refractivity contribution < 1.29 is 4.79 Å². The molecule has 2 atom stereocenters. The molecule has 2 N–H and O–H groups in total. The molecule has 0 saturated heterocycles. The molecular weight excluding hydrogens is 222 g/mol. The van der Waals surface area contributed by atoms with E-state index in [-0.39, 0.29) is 18.0 Å². The number of nitrogens with one attached hydrogen (secondary N) is 2. The van der Waals surface area contributed by atoms with E-state index in [0.29, 0.717) is 0 Å². The molecule has 90 valence electrons. The van der Waals surface area contributed by atoms with E-state index in [9.17, 15) is 4.79 Å². The zero-order chi connectivity index (χ0) is 12.1. The van der Waals surface area contributed by atoms with Gasteiger partial charge in [0.2, 0.25) is 5.91 Å². The second-order valence-corrected chi connectivity index (χ2v) is 4.89. The van der Waals surface area contributed by atoms with Crippen LogP contribution in [0.25, 0.3) is 0 Å². The molecule has 0 aromatic carbocycles. The summed E-state index contributed by atoms with van der Waals surface area (Å²) in [6.07, 6.45) is 2.91. The Bertz CT molecular complexity index is 351. The first kappa shape index (κ1) is 13.1. The van der Waals surface area contributed by atoms with Crippen LogP contribution in [0.15, 0.2) is 6.20 Å². The van der Waals surface area contributed by atoms with Gasteiger partial charge in [0.15, 0.2) is 0 Å². The van der Waals surface area contributed by atoms with Crippen LogP contribution >= 0.6 is 11.3 Å². The average Bonchev–Trinajstić information content (AvgIpc) is 2.76. The Balaban J connectivity index is 2.57. The van der Waals surface area contributed by atoms with Crippen molar-refractivity contribution in [2.75, 3.05) is 7.05 Å². The first-order valence-corrected chi connectivity index (χ1v) is 6.32. The van der Waals surface area contributed by atoms with Gasteiger partial charge in [-0.3, -0.25) is 10.1 Å². The second-order valence-electron chi connectivity index (χ2n) is 3.74. The SMILES string of the molecule is CCc1cnc(C(C)NC(C)C(=O)NC)s1. The summed E-state index contributed by atoms with van der Waals surface area (Å²) in [5.74, 6) is -0.000814. The lowest BCUT2D eigenvalue weighted by atomic mass is 10.2. The van der Waals surface area contributed by atoms with Gasteiger partial charge in [-0.05, 0) is 20.3 Å². The quantitative estimate of drug-likeness (QED) is 0.821. The van der Waals surface area contributed by atoms with Crippen molar-refractivity contribution in [3.8, 4) is 0 Å². The van der Waals surface area contributed by atoms with Crippen molar-refractivity contribution in [1.82, 2.24) is 15.6 Å². The molecule has 16 heavy (non-hydrogen) atoms. The fraction of sp³-hybridized carbons (Fsp3) is 0.636. The van der Waals surface area contributed by atoms with Gasteiger partial charge in [-0.15, -0.1) is 11.3 Å². The van der Waals surface area contributed by atoms with Crippen LogP contribution in [0.5, 0.6) is 0 Å². The van der Waals surface area contributed by atoms with Gasteiger partial charge in [0.25, 0.3) is 0 Å². The maximum atomic E-state index is 11.3. The minimum absolute atomic E-state index is 0.000814. The number of hydrogen-bond acceptors (Lipinski definition) is 4. The number of amides is 1. The van der Waals surface area contributed by atoms with E-state index in [1.165, 1.54) is 4.88 Å². The van der Waals surface area contributed by atoms with E-state index >= 15 is 0 Å². The van der Waals surface area contributed by atoms with E-state index in [1.54, 1.807) is 18.4 Å². The maximum absolute atomic E-state index is 11.3. The number of carbonyl (C=O) groups excluding carboxylic acids is 1. The van der Waals surface area contributed by atoms with Gasteiger partial charge in [-0.2, -0.15) is 0 Å². The Kier molecular flexibility index (Phi) is 4.89. The lowest BCUT2D eigenvalue weighted by Crippen LogP contribution is -2.41. The Morgan fingerprint density at radius 2 is 2.25 bits per heavy atom. The number of likely N-dealkylation sites (N-methyl/N-ethyl adjacent to an activating group) is 1. The highest BCUT2D eigenvalue weighted by Gasteiger charge is 2.16. The van der Waals surface area contributed by atoms with Gasteiger partial charge in [0, 0.05) is 18.1 Å². The van der Waals surface area contributed by atoms with E-state index in [0.717, 1.165) is 11.4 Å². The number of carbonyl (C=O) groups is 1. The lowest BCUT2D eigenvalue weighted by Gasteiger charge is -2.16. The summed E-state index contributed by atoms with van der Waals surface area (Å²) in [7, 11) is 1.64. The topological polar surface area (TPSA) is 54.0 Å². The van der Waals surface area contributed by atoms with E-state index in [1.807, 2.05) is 20.0 Å². The minimum Gasteiger partial charge on any atom is -0.358 e. The van der Waals surface area contributed by atoms with E-state index in [4.69, 9.17) is 0 Å². The average molecular weight is 241 g/mol. The molecule has 1 rings (SSSR count). The molecule has 0 saturated carbocycles. The fourth-order valence-electron chi connectivity index (χ4n) is 1.42. The predicted octanol–water partition coefficient (Wildman–Crippen LogP) is 1.49. The molecule has 5 heteroatoms. The summed E-state index contributed by atoms with van der Waals surface area (Å²) in [4.78, 5) is 17.0. The maximum Gasteiger partial charge on any atom is 0.236 e. The number of rotatable bonds is 5. The lowest BCUT2D eigenvalue weighted by molar-refractivity contribution is -0.122. The zero-order valence-electron chi connectivity index (χ0n) is 10.2. The van der Waals surface area contributed by atoms with Gasteiger partial charge in [-0.25, -0.2) is 4.98 Å². The van der Waals surface area contributed by atoms with Crippen LogP contribution in [0.3, 0.4) is 0 Å². The van der Waals surface area contributed by atoms with Crippen LogP contribution in [0.4, 0.5) is 0 Å². The van der Waals surface area contributed by atoms with Crippen molar-refractivity contribution in [3.05, 3.63) is 16.1 Å². The molecule has 0 spiro atoms.